The highest BCUT2D eigenvalue weighted by atomic mass is 32.1. The fourth-order valence-electron chi connectivity index (χ4n) is 2.93. The molecule has 0 saturated carbocycles. The SMILES string of the molecule is CC(C)c1nnc2n1CCN(C(=O)c1cc(-c3cccs3)[nH]n1)C2. The number of aromatic amines is 1. The summed E-state index contributed by atoms with van der Waals surface area (Å²) < 4.78 is 2.12. The van der Waals surface area contributed by atoms with Gasteiger partial charge in [0.15, 0.2) is 11.5 Å². The molecule has 0 radical (unpaired) electrons. The topological polar surface area (TPSA) is 79.7 Å². The van der Waals surface area contributed by atoms with Crippen molar-refractivity contribution in [3.8, 4) is 10.6 Å². The maximum Gasteiger partial charge on any atom is 0.274 e. The van der Waals surface area contributed by atoms with Crippen molar-refractivity contribution in [2.75, 3.05) is 6.54 Å². The van der Waals surface area contributed by atoms with E-state index in [9.17, 15) is 4.79 Å². The second-order valence-electron chi connectivity index (χ2n) is 6.15. The van der Waals surface area contributed by atoms with Crippen molar-refractivity contribution < 1.29 is 4.79 Å². The van der Waals surface area contributed by atoms with E-state index < -0.39 is 0 Å². The number of hydrogen-bond acceptors (Lipinski definition) is 5. The Morgan fingerprint density at radius 3 is 2.96 bits per heavy atom. The number of nitrogens with one attached hydrogen (secondary N) is 1. The highest BCUT2D eigenvalue weighted by Crippen LogP contribution is 2.24. The van der Waals surface area contributed by atoms with Gasteiger partial charge in [-0.1, -0.05) is 19.9 Å². The van der Waals surface area contributed by atoms with Crippen LogP contribution in [-0.4, -0.2) is 42.3 Å². The quantitative estimate of drug-likeness (QED) is 0.793. The molecular weight excluding hydrogens is 324 g/mol. The summed E-state index contributed by atoms with van der Waals surface area (Å²) in [4.78, 5) is 15.6. The van der Waals surface area contributed by atoms with Crippen molar-refractivity contribution in [1.29, 1.82) is 0 Å². The number of aromatic nitrogens is 5. The standard InChI is InChI=1S/C16H18N6OS/c1-10(2)15-20-19-14-9-21(5-6-22(14)15)16(23)12-8-11(17-18-12)13-4-3-7-24-13/h3-4,7-8,10H,5-6,9H2,1-2H3,(H,17,18). The molecule has 0 unspecified atom stereocenters. The van der Waals surface area contributed by atoms with Crippen molar-refractivity contribution in [2.45, 2.75) is 32.9 Å². The third-order valence-corrected chi connectivity index (χ3v) is 5.07. The zero-order valence-corrected chi connectivity index (χ0v) is 14.4. The van der Waals surface area contributed by atoms with Gasteiger partial charge in [0.05, 0.1) is 17.1 Å². The summed E-state index contributed by atoms with van der Waals surface area (Å²) in [5.74, 6) is 2.08. The van der Waals surface area contributed by atoms with Crippen LogP contribution in [0.1, 0.15) is 41.9 Å². The van der Waals surface area contributed by atoms with E-state index in [0.29, 0.717) is 24.7 Å². The molecule has 4 heterocycles. The fourth-order valence-corrected chi connectivity index (χ4v) is 3.62. The lowest BCUT2D eigenvalue weighted by Crippen LogP contribution is -2.39. The van der Waals surface area contributed by atoms with E-state index in [4.69, 9.17) is 0 Å². The largest absolute Gasteiger partial charge is 0.328 e. The normalized spacial score (nSPS) is 14.2. The minimum Gasteiger partial charge on any atom is -0.328 e. The average molecular weight is 342 g/mol. The molecule has 0 aromatic carbocycles. The lowest BCUT2D eigenvalue weighted by atomic mass is 10.2. The third kappa shape index (κ3) is 2.52. The van der Waals surface area contributed by atoms with Gasteiger partial charge in [-0.15, -0.1) is 21.5 Å². The number of amides is 1. The molecular formula is C16H18N6OS. The van der Waals surface area contributed by atoms with E-state index in [1.165, 1.54) is 0 Å². The Morgan fingerprint density at radius 2 is 2.21 bits per heavy atom. The molecule has 0 atom stereocenters. The molecule has 0 spiro atoms. The smallest absolute Gasteiger partial charge is 0.274 e. The predicted octanol–water partition coefficient (Wildman–Crippen LogP) is 2.51. The molecule has 3 aromatic rings. The van der Waals surface area contributed by atoms with Crippen LogP contribution in [0.4, 0.5) is 0 Å². The van der Waals surface area contributed by atoms with Crippen LogP contribution in [0.15, 0.2) is 23.6 Å². The molecule has 3 aromatic heterocycles. The Bertz CT molecular complexity index is 863. The monoisotopic (exact) mass is 342 g/mol. The van der Waals surface area contributed by atoms with Gasteiger partial charge >= 0.3 is 0 Å². The van der Waals surface area contributed by atoms with Crippen molar-refractivity contribution in [2.24, 2.45) is 0 Å². The number of carbonyl (C=O) groups excluding carboxylic acids is 1. The van der Waals surface area contributed by atoms with Gasteiger partial charge in [-0.2, -0.15) is 5.10 Å². The van der Waals surface area contributed by atoms with Crippen LogP contribution in [0, 0.1) is 0 Å². The van der Waals surface area contributed by atoms with Crippen molar-refractivity contribution in [1.82, 2.24) is 29.9 Å². The fraction of sp³-hybridized carbons (Fsp3) is 0.375. The molecule has 0 fully saturated rings. The zero-order chi connectivity index (χ0) is 16.7. The average Bonchev–Trinajstić information content (AvgIpc) is 3.31. The molecule has 1 aliphatic rings. The van der Waals surface area contributed by atoms with Crippen molar-refractivity contribution >= 4 is 17.2 Å². The molecule has 0 aliphatic carbocycles. The summed E-state index contributed by atoms with van der Waals surface area (Å²) in [7, 11) is 0. The highest BCUT2D eigenvalue weighted by molar-refractivity contribution is 7.13. The highest BCUT2D eigenvalue weighted by Gasteiger charge is 2.27. The van der Waals surface area contributed by atoms with Gasteiger partial charge in [0.25, 0.3) is 5.91 Å². The Morgan fingerprint density at radius 1 is 1.33 bits per heavy atom. The molecule has 4 rings (SSSR count). The minimum absolute atomic E-state index is 0.0746. The van der Waals surface area contributed by atoms with Crippen LogP contribution in [0.25, 0.3) is 10.6 Å². The van der Waals surface area contributed by atoms with Gasteiger partial charge in [-0.25, -0.2) is 0 Å². The van der Waals surface area contributed by atoms with E-state index >= 15 is 0 Å². The third-order valence-electron chi connectivity index (χ3n) is 4.17. The molecule has 1 aliphatic heterocycles. The van der Waals surface area contributed by atoms with Crippen molar-refractivity contribution in [3.63, 3.8) is 0 Å². The summed E-state index contributed by atoms with van der Waals surface area (Å²) in [6, 6.07) is 5.79. The minimum atomic E-state index is -0.0746. The maximum absolute atomic E-state index is 12.7. The van der Waals surface area contributed by atoms with Crippen LogP contribution < -0.4 is 0 Å². The number of thiophene rings is 1. The summed E-state index contributed by atoms with van der Waals surface area (Å²) in [6.07, 6.45) is 0. The first kappa shape index (κ1) is 15.1. The summed E-state index contributed by atoms with van der Waals surface area (Å²) in [5.41, 5.74) is 1.31. The first-order valence-electron chi connectivity index (χ1n) is 7.94. The van der Waals surface area contributed by atoms with Gasteiger partial charge in [0, 0.05) is 19.0 Å². The Hall–Kier alpha value is -2.48. The summed E-state index contributed by atoms with van der Waals surface area (Å²) in [6.45, 7) is 6.05. The van der Waals surface area contributed by atoms with Crippen LogP contribution in [0.3, 0.4) is 0 Å². The zero-order valence-electron chi connectivity index (χ0n) is 13.6. The molecule has 0 bridgehead atoms. The lowest BCUT2D eigenvalue weighted by molar-refractivity contribution is 0.0700. The Kier molecular flexibility index (Phi) is 3.68. The molecule has 1 amide bonds. The van der Waals surface area contributed by atoms with E-state index in [-0.39, 0.29) is 5.91 Å². The Balaban J connectivity index is 1.53. The second-order valence-corrected chi connectivity index (χ2v) is 7.10. The molecule has 8 heteroatoms. The van der Waals surface area contributed by atoms with Crippen molar-refractivity contribution in [3.05, 3.63) is 40.9 Å². The molecule has 1 N–H and O–H groups in total. The van der Waals surface area contributed by atoms with E-state index in [0.717, 1.165) is 28.8 Å². The van der Waals surface area contributed by atoms with Gasteiger partial charge in [-0.05, 0) is 17.5 Å². The van der Waals surface area contributed by atoms with Crippen LogP contribution in [-0.2, 0) is 13.1 Å². The molecule has 124 valence electrons. The van der Waals surface area contributed by atoms with Gasteiger partial charge in [-0.3, -0.25) is 9.89 Å². The number of carbonyl (C=O) groups is 1. The first-order chi connectivity index (χ1) is 11.6. The number of fused-ring (bicyclic) bond motifs is 1. The van der Waals surface area contributed by atoms with E-state index in [1.54, 1.807) is 16.2 Å². The second kappa shape index (κ2) is 5.86. The number of hydrogen-bond donors (Lipinski definition) is 1. The number of nitrogens with zero attached hydrogens (tertiary/aromatic N) is 5. The first-order valence-corrected chi connectivity index (χ1v) is 8.82. The van der Waals surface area contributed by atoms with Crippen LogP contribution in [0.2, 0.25) is 0 Å². The summed E-state index contributed by atoms with van der Waals surface area (Å²) >= 11 is 1.62. The van der Waals surface area contributed by atoms with E-state index in [1.807, 2.05) is 23.6 Å². The Labute approximate surface area is 143 Å². The lowest BCUT2D eigenvalue weighted by Gasteiger charge is -2.27. The number of H-pyrrole nitrogens is 1. The van der Waals surface area contributed by atoms with Crippen LogP contribution in [0.5, 0.6) is 0 Å². The van der Waals surface area contributed by atoms with E-state index in [2.05, 4.69) is 38.8 Å². The van der Waals surface area contributed by atoms with Crippen LogP contribution >= 0.6 is 11.3 Å². The van der Waals surface area contributed by atoms with Gasteiger partial charge in [0.2, 0.25) is 0 Å². The maximum atomic E-state index is 12.7. The molecule has 24 heavy (non-hydrogen) atoms. The predicted molar refractivity (Wildman–Crippen MR) is 90.8 cm³/mol. The number of rotatable bonds is 3. The summed E-state index contributed by atoms with van der Waals surface area (Å²) in [5, 5.41) is 17.6. The van der Waals surface area contributed by atoms with Gasteiger partial charge in [0.1, 0.15) is 5.82 Å². The molecule has 0 saturated heterocycles. The molecule has 7 nitrogen and oxygen atoms in total. The van der Waals surface area contributed by atoms with Gasteiger partial charge < -0.3 is 9.47 Å².